The van der Waals surface area contributed by atoms with E-state index in [1.54, 1.807) is 0 Å². The van der Waals surface area contributed by atoms with Crippen molar-refractivity contribution in [2.24, 2.45) is 11.7 Å². The van der Waals surface area contributed by atoms with Crippen molar-refractivity contribution in [1.82, 2.24) is 4.98 Å². The number of aromatic nitrogens is 1. The Balaban J connectivity index is 1.98. The summed E-state index contributed by atoms with van der Waals surface area (Å²) < 4.78 is 6.12. The maximum Gasteiger partial charge on any atom is 0.138 e. The molecule has 3 nitrogen and oxygen atoms in total. The van der Waals surface area contributed by atoms with Crippen LogP contribution in [0.4, 0.5) is 0 Å². The van der Waals surface area contributed by atoms with Gasteiger partial charge in [0.1, 0.15) is 11.9 Å². The van der Waals surface area contributed by atoms with Crippen molar-refractivity contribution in [1.29, 1.82) is 0 Å². The molecule has 0 amide bonds. The third-order valence-corrected chi connectivity index (χ3v) is 4.23. The molecule has 1 aliphatic carbocycles. The van der Waals surface area contributed by atoms with Crippen molar-refractivity contribution >= 4 is 0 Å². The quantitative estimate of drug-likeness (QED) is 0.877. The van der Waals surface area contributed by atoms with Gasteiger partial charge in [0.15, 0.2) is 0 Å². The predicted octanol–water partition coefficient (Wildman–Crippen LogP) is 3.84. The van der Waals surface area contributed by atoms with E-state index < -0.39 is 0 Å². The SMILES string of the molecule is CCC1CCCCC1Oc1ccc([C@@H](N)CC)nc1. The number of pyridine rings is 1. The van der Waals surface area contributed by atoms with Gasteiger partial charge >= 0.3 is 0 Å². The first-order chi connectivity index (χ1) is 9.24. The minimum atomic E-state index is 0.0344. The Morgan fingerprint density at radius 3 is 2.74 bits per heavy atom. The Morgan fingerprint density at radius 1 is 1.32 bits per heavy atom. The highest BCUT2D eigenvalue weighted by molar-refractivity contribution is 5.21. The third kappa shape index (κ3) is 3.69. The maximum absolute atomic E-state index is 6.12. The lowest BCUT2D eigenvalue weighted by molar-refractivity contribution is 0.0899. The summed E-state index contributed by atoms with van der Waals surface area (Å²) in [6.07, 6.45) is 9.42. The lowest BCUT2D eigenvalue weighted by Crippen LogP contribution is -2.29. The second kappa shape index (κ2) is 6.90. The summed E-state index contributed by atoms with van der Waals surface area (Å²) in [4.78, 5) is 4.42. The number of rotatable bonds is 5. The van der Waals surface area contributed by atoms with Crippen LogP contribution in [0.1, 0.15) is 64.1 Å². The van der Waals surface area contributed by atoms with Crippen molar-refractivity contribution < 1.29 is 4.74 Å². The number of nitrogens with two attached hydrogens (primary N) is 1. The average molecular weight is 262 g/mol. The van der Waals surface area contributed by atoms with Crippen molar-refractivity contribution in [3.63, 3.8) is 0 Å². The highest BCUT2D eigenvalue weighted by Gasteiger charge is 2.25. The van der Waals surface area contributed by atoms with Crippen LogP contribution in [0, 0.1) is 5.92 Å². The van der Waals surface area contributed by atoms with Crippen LogP contribution in [-0.4, -0.2) is 11.1 Å². The van der Waals surface area contributed by atoms with Gasteiger partial charge in [-0.2, -0.15) is 0 Å². The summed E-state index contributed by atoms with van der Waals surface area (Å²) in [6.45, 7) is 4.33. The molecule has 0 saturated heterocycles. The summed E-state index contributed by atoms with van der Waals surface area (Å²) in [5.41, 5.74) is 6.92. The molecule has 0 bridgehead atoms. The van der Waals surface area contributed by atoms with Crippen molar-refractivity contribution in [2.75, 3.05) is 0 Å². The Hall–Kier alpha value is -1.09. The molecule has 0 aliphatic heterocycles. The van der Waals surface area contributed by atoms with Gasteiger partial charge in [-0.25, -0.2) is 0 Å². The van der Waals surface area contributed by atoms with Crippen molar-refractivity contribution in [2.45, 2.75) is 64.5 Å². The molecule has 0 radical (unpaired) electrons. The van der Waals surface area contributed by atoms with E-state index in [9.17, 15) is 0 Å². The Bertz CT molecular complexity index is 377. The fraction of sp³-hybridized carbons (Fsp3) is 0.688. The van der Waals surface area contributed by atoms with Gasteiger partial charge in [-0.1, -0.05) is 20.3 Å². The first kappa shape index (κ1) is 14.3. The number of hydrogen-bond donors (Lipinski definition) is 1. The van der Waals surface area contributed by atoms with Gasteiger partial charge in [0.05, 0.1) is 11.9 Å². The second-order valence-corrected chi connectivity index (χ2v) is 5.54. The van der Waals surface area contributed by atoms with Gasteiger partial charge < -0.3 is 10.5 Å². The summed E-state index contributed by atoms with van der Waals surface area (Å²) in [7, 11) is 0. The van der Waals surface area contributed by atoms with Gasteiger partial charge in [-0.3, -0.25) is 4.98 Å². The zero-order chi connectivity index (χ0) is 13.7. The zero-order valence-corrected chi connectivity index (χ0v) is 12.1. The molecule has 19 heavy (non-hydrogen) atoms. The van der Waals surface area contributed by atoms with E-state index in [2.05, 4.69) is 18.8 Å². The van der Waals surface area contributed by atoms with Crippen LogP contribution in [0.25, 0.3) is 0 Å². The standard InChI is InChI=1S/C16H26N2O/c1-3-12-7-5-6-8-16(12)19-13-9-10-15(18-11-13)14(17)4-2/h9-12,14,16H,3-8,17H2,1-2H3/t12?,14-,16?/m0/s1. The minimum Gasteiger partial charge on any atom is -0.489 e. The minimum absolute atomic E-state index is 0.0344. The number of nitrogens with zero attached hydrogens (tertiary/aromatic N) is 1. The summed E-state index contributed by atoms with van der Waals surface area (Å²) in [5, 5.41) is 0. The molecule has 0 aromatic carbocycles. The van der Waals surface area contributed by atoms with Crippen LogP contribution in [0.5, 0.6) is 5.75 Å². The topological polar surface area (TPSA) is 48.1 Å². The highest BCUT2D eigenvalue weighted by atomic mass is 16.5. The predicted molar refractivity (Wildman–Crippen MR) is 78.1 cm³/mol. The lowest BCUT2D eigenvalue weighted by Gasteiger charge is -2.31. The molecule has 1 saturated carbocycles. The Morgan fingerprint density at radius 2 is 2.11 bits per heavy atom. The first-order valence-corrected chi connectivity index (χ1v) is 7.62. The molecular weight excluding hydrogens is 236 g/mol. The Kier molecular flexibility index (Phi) is 5.20. The van der Waals surface area contributed by atoms with E-state index in [0.29, 0.717) is 12.0 Å². The number of hydrogen-bond acceptors (Lipinski definition) is 3. The fourth-order valence-electron chi connectivity index (χ4n) is 2.86. The lowest BCUT2D eigenvalue weighted by atomic mass is 9.85. The Labute approximate surface area is 116 Å². The molecule has 3 atom stereocenters. The van der Waals surface area contributed by atoms with Crippen LogP contribution in [0.2, 0.25) is 0 Å². The maximum atomic E-state index is 6.12. The summed E-state index contributed by atoms with van der Waals surface area (Å²) >= 11 is 0. The fourth-order valence-corrected chi connectivity index (χ4v) is 2.86. The van der Waals surface area contributed by atoms with Gasteiger partial charge in [-0.05, 0) is 50.2 Å². The van der Waals surface area contributed by atoms with Gasteiger partial charge in [0.2, 0.25) is 0 Å². The molecule has 3 heteroatoms. The molecule has 106 valence electrons. The molecule has 1 aromatic heterocycles. The van der Waals surface area contributed by atoms with Gasteiger partial charge in [0, 0.05) is 6.04 Å². The van der Waals surface area contributed by atoms with Crippen LogP contribution >= 0.6 is 0 Å². The van der Waals surface area contributed by atoms with E-state index >= 15 is 0 Å². The average Bonchev–Trinajstić information content (AvgIpc) is 2.48. The third-order valence-electron chi connectivity index (χ3n) is 4.23. The molecule has 2 unspecified atom stereocenters. The largest absolute Gasteiger partial charge is 0.489 e. The van der Waals surface area contributed by atoms with Crippen LogP contribution < -0.4 is 10.5 Å². The van der Waals surface area contributed by atoms with Gasteiger partial charge in [-0.15, -0.1) is 0 Å². The monoisotopic (exact) mass is 262 g/mol. The second-order valence-electron chi connectivity index (χ2n) is 5.54. The molecule has 1 aliphatic rings. The van der Waals surface area contributed by atoms with Crippen LogP contribution in [0.15, 0.2) is 18.3 Å². The van der Waals surface area contributed by atoms with E-state index in [1.165, 1.54) is 32.1 Å². The molecule has 2 rings (SSSR count). The molecule has 1 fully saturated rings. The van der Waals surface area contributed by atoms with E-state index in [1.807, 2.05) is 18.3 Å². The van der Waals surface area contributed by atoms with Gasteiger partial charge in [0.25, 0.3) is 0 Å². The summed E-state index contributed by atoms with van der Waals surface area (Å²) in [6, 6.07) is 4.04. The smallest absolute Gasteiger partial charge is 0.138 e. The molecule has 2 N–H and O–H groups in total. The molecule has 1 aromatic rings. The van der Waals surface area contributed by atoms with E-state index in [4.69, 9.17) is 10.5 Å². The van der Waals surface area contributed by atoms with Crippen molar-refractivity contribution in [3.8, 4) is 5.75 Å². The highest BCUT2D eigenvalue weighted by Crippen LogP contribution is 2.30. The van der Waals surface area contributed by atoms with E-state index in [0.717, 1.165) is 17.9 Å². The van der Waals surface area contributed by atoms with Crippen LogP contribution in [0.3, 0.4) is 0 Å². The van der Waals surface area contributed by atoms with Crippen LogP contribution in [-0.2, 0) is 0 Å². The molecule has 1 heterocycles. The summed E-state index contributed by atoms with van der Waals surface area (Å²) in [5.74, 6) is 1.59. The molecular formula is C16H26N2O. The van der Waals surface area contributed by atoms with E-state index in [-0.39, 0.29) is 6.04 Å². The zero-order valence-electron chi connectivity index (χ0n) is 12.1. The number of ether oxygens (including phenoxy) is 1. The van der Waals surface area contributed by atoms with Crippen molar-refractivity contribution in [3.05, 3.63) is 24.0 Å². The first-order valence-electron chi connectivity index (χ1n) is 7.62. The molecule has 0 spiro atoms. The normalized spacial score (nSPS) is 25.0.